The first kappa shape index (κ1) is 18.5. The Kier molecular flexibility index (Phi) is 4.63. The van der Waals surface area contributed by atoms with Gasteiger partial charge in [-0.2, -0.15) is 0 Å². The van der Waals surface area contributed by atoms with Gasteiger partial charge in [-0.15, -0.1) is 0 Å². The minimum absolute atomic E-state index is 0.185. The van der Waals surface area contributed by atoms with Crippen LogP contribution in [0.2, 0.25) is 0 Å². The molecular formula is C20H16N2O7. The number of H-pyrrole nitrogens is 1. The molecule has 9 nitrogen and oxygen atoms in total. The number of nitrogens with zero attached hydrogens (tertiary/aromatic N) is 1. The Morgan fingerprint density at radius 3 is 2.59 bits per heavy atom. The molecule has 0 saturated carbocycles. The molecule has 9 heteroatoms. The zero-order chi connectivity index (χ0) is 20.5. The molecule has 0 amide bonds. The number of nitro benzene ring substituents is 1. The molecule has 0 unspecified atom stereocenters. The highest BCUT2D eigenvalue weighted by Crippen LogP contribution is 2.37. The molecule has 29 heavy (non-hydrogen) atoms. The molecular weight excluding hydrogens is 380 g/mol. The summed E-state index contributed by atoms with van der Waals surface area (Å²) < 4.78 is 15.8. The summed E-state index contributed by atoms with van der Waals surface area (Å²) in [5, 5.41) is 12.1. The fourth-order valence-electron chi connectivity index (χ4n) is 3.31. The molecule has 0 radical (unpaired) electrons. The zero-order valence-corrected chi connectivity index (χ0v) is 15.4. The highest BCUT2D eigenvalue weighted by molar-refractivity contribution is 6.10. The van der Waals surface area contributed by atoms with E-state index in [9.17, 15) is 19.7 Å². The number of nitro groups is 1. The number of aromatic amines is 1. The average molecular weight is 396 g/mol. The van der Waals surface area contributed by atoms with Crippen LogP contribution in [0.1, 0.15) is 26.4 Å². The number of para-hydroxylation sites is 1. The Hall–Kier alpha value is -3.88. The SMILES string of the molecule is Cc1[nH]c2ccccc2c1C(=O)COC(=O)c1cc2c(cc1[N+](=O)[O-])OCCO2. The third-order valence-electron chi connectivity index (χ3n) is 4.58. The maximum Gasteiger partial charge on any atom is 0.345 e. The van der Waals surface area contributed by atoms with Crippen molar-refractivity contribution in [2.75, 3.05) is 19.8 Å². The number of nitrogens with one attached hydrogen (secondary N) is 1. The highest BCUT2D eigenvalue weighted by atomic mass is 16.6. The van der Waals surface area contributed by atoms with E-state index in [4.69, 9.17) is 14.2 Å². The molecule has 2 heterocycles. The van der Waals surface area contributed by atoms with Crippen LogP contribution in [0.25, 0.3) is 10.9 Å². The van der Waals surface area contributed by atoms with Crippen molar-refractivity contribution >= 4 is 28.3 Å². The van der Waals surface area contributed by atoms with Crippen molar-refractivity contribution in [1.82, 2.24) is 4.98 Å². The van der Waals surface area contributed by atoms with E-state index in [1.807, 2.05) is 12.1 Å². The lowest BCUT2D eigenvalue weighted by atomic mass is 10.1. The number of aromatic nitrogens is 1. The molecule has 0 aliphatic carbocycles. The van der Waals surface area contributed by atoms with Gasteiger partial charge in [-0.25, -0.2) is 4.79 Å². The molecule has 1 N–H and O–H groups in total. The number of ketones is 1. The number of benzene rings is 2. The van der Waals surface area contributed by atoms with Gasteiger partial charge in [-0.05, 0) is 13.0 Å². The van der Waals surface area contributed by atoms with Gasteiger partial charge in [0, 0.05) is 28.2 Å². The number of hydrogen-bond acceptors (Lipinski definition) is 7. The molecule has 1 aromatic heterocycles. The second-order valence-electron chi connectivity index (χ2n) is 6.44. The molecule has 4 rings (SSSR count). The van der Waals surface area contributed by atoms with Gasteiger partial charge in [0.05, 0.1) is 11.0 Å². The minimum atomic E-state index is -0.987. The van der Waals surface area contributed by atoms with Crippen LogP contribution < -0.4 is 9.47 Å². The van der Waals surface area contributed by atoms with Gasteiger partial charge in [-0.1, -0.05) is 18.2 Å². The Morgan fingerprint density at radius 2 is 1.86 bits per heavy atom. The van der Waals surface area contributed by atoms with Crippen molar-refractivity contribution < 1.29 is 28.7 Å². The number of ether oxygens (including phenoxy) is 3. The summed E-state index contributed by atoms with van der Waals surface area (Å²) in [6.45, 7) is 1.72. The lowest BCUT2D eigenvalue weighted by molar-refractivity contribution is -0.385. The van der Waals surface area contributed by atoms with Gasteiger partial charge in [0.2, 0.25) is 5.78 Å². The second-order valence-corrected chi connectivity index (χ2v) is 6.44. The summed E-state index contributed by atoms with van der Waals surface area (Å²) in [6, 6.07) is 9.60. The summed E-state index contributed by atoms with van der Waals surface area (Å²) in [7, 11) is 0. The van der Waals surface area contributed by atoms with E-state index in [2.05, 4.69) is 4.98 Å². The number of fused-ring (bicyclic) bond motifs is 2. The van der Waals surface area contributed by atoms with Crippen molar-refractivity contribution in [2.45, 2.75) is 6.92 Å². The van der Waals surface area contributed by atoms with Crippen molar-refractivity contribution in [2.24, 2.45) is 0 Å². The number of aryl methyl sites for hydroxylation is 1. The number of esters is 1. The van der Waals surface area contributed by atoms with E-state index in [-0.39, 0.29) is 30.3 Å². The first-order valence-corrected chi connectivity index (χ1v) is 8.81. The fraction of sp³-hybridized carbons (Fsp3) is 0.200. The molecule has 3 aromatic rings. The van der Waals surface area contributed by atoms with Crippen LogP contribution in [0.3, 0.4) is 0 Å². The van der Waals surface area contributed by atoms with E-state index >= 15 is 0 Å². The summed E-state index contributed by atoms with van der Waals surface area (Å²) in [4.78, 5) is 38.9. The maximum atomic E-state index is 12.7. The van der Waals surface area contributed by atoms with E-state index in [0.29, 0.717) is 11.3 Å². The minimum Gasteiger partial charge on any atom is -0.486 e. The second kappa shape index (κ2) is 7.27. The molecule has 0 spiro atoms. The maximum absolute atomic E-state index is 12.7. The number of Topliss-reactive ketones (excluding diaryl/α,β-unsaturated/α-hetero) is 1. The van der Waals surface area contributed by atoms with Gasteiger partial charge < -0.3 is 19.2 Å². The van der Waals surface area contributed by atoms with Gasteiger partial charge in [0.25, 0.3) is 5.69 Å². The van der Waals surface area contributed by atoms with E-state index in [1.54, 1.807) is 19.1 Å². The molecule has 0 saturated heterocycles. The molecule has 0 fully saturated rings. The molecule has 148 valence electrons. The average Bonchev–Trinajstić information content (AvgIpc) is 3.06. The Labute approximate surface area is 164 Å². The predicted octanol–water partition coefficient (Wildman–Crippen LogP) is 3.20. The fourth-order valence-corrected chi connectivity index (χ4v) is 3.31. The predicted molar refractivity (Wildman–Crippen MR) is 102 cm³/mol. The molecule has 0 atom stereocenters. The van der Waals surface area contributed by atoms with Gasteiger partial charge in [-0.3, -0.25) is 14.9 Å². The van der Waals surface area contributed by atoms with Gasteiger partial charge in [0.1, 0.15) is 18.8 Å². The summed E-state index contributed by atoms with van der Waals surface area (Å²) in [5.74, 6) is -0.995. The van der Waals surface area contributed by atoms with Gasteiger partial charge >= 0.3 is 5.97 Å². The number of carbonyl (C=O) groups excluding carboxylic acids is 2. The van der Waals surface area contributed by atoms with Crippen molar-refractivity contribution in [3.05, 3.63) is 63.3 Å². The number of carbonyl (C=O) groups is 2. The third-order valence-corrected chi connectivity index (χ3v) is 4.58. The summed E-state index contributed by atoms with van der Waals surface area (Å²) in [5.41, 5.74) is 1.09. The molecule has 2 aromatic carbocycles. The normalized spacial score (nSPS) is 12.6. The smallest absolute Gasteiger partial charge is 0.345 e. The number of rotatable bonds is 5. The lowest BCUT2D eigenvalue weighted by Crippen LogP contribution is -2.18. The molecule has 0 bridgehead atoms. The van der Waals surface area contributed by atoms with Crippen LogP contribution >= 0.6 is 0 Å². The van der Waals surface area contributed by atoms with Crippen LogP contribution in [0.4, 0.5) is 5.69 Å². The lowest BCUT2D eigenvalue weighted by Gasteiger charge is -2.18. The Bertz CT molecular complexity index is 1150. The van der Waals surface area contributed by atoms with Crippen LogP contribution in [-0.2, 0) is 4.74 Å². The van der Waals surface area contributed by atoms with Crippen molar-refractivity contribution in [1.29, 1.82) is 0 Å². The van der Waals surface area contributed by atoms with E-state index in [1.165, 1.54) is 6.07 Å². The topological polar surface area (TPSA) is 121 Å². The highest BCUT2D eigenvalue weighted by Gasteiger charge is 2.28. The first-order chi connectivity index (χ1) is 14.0. The Balaban J connectivity index is 1.57. The largest absolute Gasteiger partial charge is 0.486 e. The third kappa shape index (κ3) is 3.38. The monoisotopic (exact) mass is 396 g/mol. The van der Waals surface area contributed by atoms with Crippen LogP contribution in [0.5, 0.6) is 11.5 Å². The van der Waals surface area contributed by atoms with Crippen LogP contribution in [-0.4, -0.2) is 41.5 Å². The first-order valence-electron chi connectivity index (χ1n) is 8.81. The van der Waals surface area contributed by atoms with E-state index in [0.717, 1.165) is 17.0 Å². The van der Waals surface area contributed by atoms with Gasteiger partial charge in [0.15, 0.2) is 18.1 Å². The standard InChI is InChI=1S/C20H16N2O7/c1-11-19(12-4-2-3-5-14(12)21-11)16(23)10-29-20(24)13-8-17-18(28-7-6-27-17)9-15(13)22(25)26/h2-5,8-9,21H,6-7,10H2,1H3. The summed E-state index contributed by atoms with van der Waals surface area (Å²) in [6.07, 6.45) is 0. The van der Waals surface area contributed by atoms with E-state index < -0.39 is 29.0 Å². The quantitative estimate of drug-likeness (QED) is 0.304. The van der Waals surface area contributed by atoms with Crippen LogP contribution in [0.15, 0.2) is 36.4 Å². The Morgan fingerprint density at radius 1 is 1.17 bits per heavy atom. The molecule has 1 aliphatic rings. The summed E-state index contributed by atoms with van der Waals surface area (Å²) >= 11 is 0. The molecule has 1 aliphatic heterocycles. The van der Waals surface area contributed by atoms with Crippen molar-refractivity contribution in [3.8, 4) is 11.5 Å². The zero-order valence-electron chi connectivity index (χ0n) is 15.4. The van der Waals surface area contributed by atoms with Crippen LogP contribution in [0, 0.1) is 17.0 Å². The van der Waals surface area contributed by atoms with Crippen molar-refractivity contribution in [3.63, 3.8) is 0 Å². The number of hydrogen-bond donors (Lipinski definition) is 1.